The summed E-state index contributed by atoms with van der Waals surface area (Å²) in [5.74, 6) is 0.916. The van der Waals surface area contributed by atoms with Crippen molar-refractivity contribution in [3.8, 4) is 0 Å². The van der Waals surface area contributed by atoms with Gasteiger partial charge in [-0.15, -0.1) is 0 Å². The molecule has 2 aliphatic heterocycles. The van der Waals surface area contributed by atoms with Crippen LogP contribution in [0.1, 0.15) is 25.7 Å². The molecule has 3 nitrogen and oxygen atoms in total. The summed E-state index contributed by atoms with van der Waals surface area (Å²) in [4.78, 5) is 0. The van der Waals surface area contributed by atoms with Gasteiger partial charge in [-0.1, -0.05) is 30.3 Å². The molecule has 4 heteroatoms. The second kappa shape index (κ2) is 7.49. The molecular formula is C20H25N3S. The van der Waals surface area contributed by atoms with Gasteiger partial charge in [0.05, 0.1) is 29.2 Å². The summed E-state index contributed by atoms with van der Waals surface area (Å²) < 4.78 is 4.81. The molecule has 24 heavy (non-hydrogen) atoms. The van der Waals surface area contributed by atoms with Gasteiger partial charge < -0.3 is 5.32 Å². The molecule has 1 fully saturated rings. The van der Waals surface area contributed by atoms with Gasteiger partial charge in [-0.2, -0.15) is 0 Å². The van der Waals surface area contributed by atoms with E-state index in [2.05, 4.69) is 68.5 Å². The lowest BCUT2D eigenvalue weighted by molar-refractivity contribution is 0.349. The average molecular weight is 340 g/mol. The monoisotopic (exact) mass is 339 g/mol. The average Bonchev–Trinajstić information content (AvgIpc) is 3.02. The highest BCUT2D eigenvalue weighted by atomic mass is 32.2. The zero-order valence-electron chi connectivity index (χ0n) is 14.0. The molecule has 4 rings (SSSR count). The van der Waals surface area contributed by atoms with E-state index in [0.717, 1.165) is 12.5 Å². The van der Waals surface area contributed by atoms with Gasteiger partial charge in [-0.3, -0.25) is 8.61 Å². The van der Waals surface area contributed by atoms with E-state index in [1.54, 1.807) is 0 Å². The highest BCUT2D eigenvalue weighted by Gasteiger charge is 2.28. The molecule has 0 spiro atoms. The number of fused-ring (bicyclic) bond motifs is 1. The number of para-hydroxylation sites is 3. The Morgan fingerprint density at radius 3 is 2.42 bits per heavy atom. The van der Waals surface area contributed by atoms with Gasteiger partial charge >= 0.3 is 0 Å². The fraction of sp³-hybridized carbons (Fsp3) is 0.400. The molecule has 0 atom stereocenters. The van der Waals surface area contributed by atoms with Crippen LogP contribution in [0.4, 0.5) is 17.1 Å². The van der Waals surface area contributed by atoms with E-state index < -0.39 is 0 Å². The number of piperidine rings is 1. The largest absolute Gasteiger partial charge is 0.317 e. The highest BCUT2D eigenvalue weighted by Crippen LogP contribution is 2.48. The van der Waals surface area contributed by atoms with Crippen LogP contribution in [0.3, 0.4) is 0 Å². The molecule has 2 heterocycles. The predicted octanol–water partition coefficient (Wildman–Crippen LogP) is 4.99. The summed E-state index contributed by atoms with van der Waals surface area (Å²) >= 11 is 1.83. The standard InChI is InChI=1S/C20H25N3S/c1-2-8-18(9-3-1)23-20-11-5-4-10-19(20)22(24-23)16-6-7-17-12-14-21-15-13-17/h1-5,8-11,17,21H,6-7,12-16H2. The van der Waals surface area contributed by atoms with E-state index in [4.69, 9.17) is 0 Å². The van der Waals surface area contributed by atoms with Crippen LogP contribution in [0.25, 0.3) is 0 Å². The number of hydrogen-bond acceptors (Lipinski definition) is 4. The van der Waals surface area contributed by atoms with Crippen LogP contribution in [-0.4, -0.2) is 19.6 Å². The third-order valence-electron chi connectivity index (χ3n) is 4.97. The van der Waals surface area contributed by atoms with Gasteiger partial charge in [0.1, 0.15) is 0 Å². The Hall–Kier alpha value is -1.65. The first-order valence-electron chi connectivity index (χ1n) is 9.02. The van der Waals surface area contributed by atoms with Crippen molar-refractivity contribution in [1.82, 2.24) is 5.32 Å². The van der Waals surface area contributed by atoms with Crippen molar-refractivity contribution in [1.29, 1.82) is 0 Å². The number of nitrogens with zero attached hydrogens (tertiary/aromatic N) is 2. The van der Waals surface area contributed by atoms with E-state index in [1.165, 1.54) is 55.8 Å². The van der Waals surface area contributed by atoms with Crippen molar-refractivity contribution >= 4 is 29.2 Å². The van der Waals surface area contributed by atoms with Crippen molar-refractivity contribution in [2.24, 2.45) is 5.92 Å². The zero-order chi connectivity index (χ0) is 16.2. The minimum absolute atomic E-state index is 0.916. The Morgan fingerprint density at radius 2 is 1.62 bits per heavy atom. The smallest absolute Gasteiger partial charge is 0.0784 e. The maximum atomic E-state index is 3.46. The molecule has 1 N–H and O–H groups in total. The number of hydrogen-bond donors (Lipinski definition) is 1. The first kappa shape index (κ1) is 15.9. The van der Waals surface area contributed by atoms with Gasteiger partial charge in [-0.05, 0) is 69.0 Å². The number of benzene rings is 2. The van der Waals surface area contributed by atoms with Gasteiger partial charge in [0, 0.05) is 6.54 Å². The summed E-state index contributed by atoms with van der Waals surface area (Å²) in [6.07, 6.45) is 5.32. The molecule has 0 radical (unpaired) electrons. The van der Waals surface area contributed by atoms with Gasteiger partial charge in [0.2, 0.25) is 0 Å². The second-order valence-electron chi connectivity index (χ2n) is 6.64. The molecule has 0 saturated carbocycles. The normalized spacial score (nSPS) is 18.0. The fourth-order valence-corrected chi connectivity index (χ4v) is 4.75. The number of rotatable bonds is 5. The lowest BCUT2D eigenvalue weighted by Crippen LogP contribution is -2.28. The molecule has 2 aromatic rings. The fourth-order valence-electron chi connectivity index (χ4n) is 3.64. The SMILES string of the molecule is c1ccc(N2SN(CCCC3CCNCC3)c3ccccc32)cc1. The maximum Gasteiger partial charge on any atom is 0.0784 e. The highest BCUT2D eigenvalue weighted by molar-refractivity contribution is 8.02. The summed E-state index contributed by atoms with van der Waals surface area (Å²) in [5, 5.41) is 3.46. The van der Waals surface area contributed by atoms with Crippen molar-refractivity contribution in [2.75, 3.05) is 28.2 Å². The van der Waals surface area contributed by atoms with Crippen LogP contribution in [-0.2, 0) is 0 Å². The predicted molar refractivity (Wildman–Crippen MR) is 105 cm³/mol. The first-order valence-corrected chi connectivity index (χ1v) is 9.75. The summed E-state index contributed by atoms with van der Waals surface area (Å²) in [5.41, 5.74) is 3.89. The molecular weight excluding hydrogens is 314 g/mol. The Balaban J connectivity index is 1.43. The van der Waals surface area contributed by atoms with Gasteiger partial charge in [0.15, 0.2) is 0 Å². The Kier molecular flexibility index (Phi) is 4.95. The molecule has 2 aliphatic rings. The zero-order valence-corrected chi connectivity index (χ0v) is 14.8. The number of anilines is 3. The minimum atomic E-state index is 0.916. The lowest BCUT2D eigenvalue weighted by Gasteiger charge is -2.24. The minimum Gasteiger partial charge on any atom is -0.317 e. The molecule has 0 unspecified atom stereocenters. The Morgan fingerprint density at radius 1 is 0.917 bits per heavy atom. The summed E-state index contributed by atoms with van der Waals surface area (Å²) in [6.45, 7) is 3.52. The summed E-state index contributed by atoms with van der Waals surface area (Å²) in [7, 11) is 0. The van der Waals surface area contributed by atoms with Crippen molar-refractivity contribution in [3.63, 3.8) is 0 Å². The molecule has 0 aliphatic carbocycles. The molecule has 1 saturated heterocycles. The molecule has 0 bridgehead atoms. The van der Waals surface area contributed by atoms with Gasteiger partial charge in [0.25, 0.3) is 0 Å². The quantitative estimate of drug-likeness (QED) is 0.773. The van der Waals surface area contributed by atoms with Crippen molar-refractivity contribution in [2.45, 2.75) is 25.7 Å². The van der Waals surface area contributed by atoms with Crippen LogP contribution < -0.4 is 13.9 Å². The molecule has 2 aromatic carbocycles. The summed E-state index contributed by atoms with van der Waals surface area (Å²) in [6, 6.07) is 19.4. The van der Waals surface area contributed by atoms with Crippen LogP contribution in [0.15, 0.2) is 54.6 Å². The third-order valence-corrected chi connectivity index (χ3v) is 6.12. The van der Waals surface area contributed by atoms with Crippen molar-refractivity contribution < 1.29 is 0 Å². The van der Waals surface area contributed by atoms with Crippen molar-refractivity contribution in [3.05, 3.63) is 54.6 Å². The second-order valence-corrected chi connectivity index (χ2v) is 7.61. The topological polar surface area (TPSA) is 18.5 Å². The van der Waals surface area contributed by atoms with Crippen LogP contribution in [0, 0.1) is 5.92 Å². The van der Waals surface area contributed by atoms with Crippen LogP contribution in [0.5, 0.6) is 0 Å². The maximum absolute atomic E-state index is 3.46. The van der Waals surface area contributed by atoms with E-state index in [1.807, 2.05) is 12.1 Å². The molecule has 0 amide bonds. The third kappa shape index (κ3) is 3.40. The van der Waals surface area contributed by atoms with Crippen LogP contribution >= 0.6 is 12.1 Å². The first-order chi connectivity index (χ1) is 11.9. The Bertz CT molecular complexity index is 655. The van der Waals surface area contributed by atoms with E-state index in [9.17, 15) is 0 Å². The van der Waals surface area contributed by atoms with E-state index in [-0.39, 0.29) is 0 Å². The Labute approximate surface area is 149 Å². The molecule has 0 aromatic heterocycles. The van der Waals surface area contributed by atoms with E-state index >= 15 is 0 Å². The van der Waals surface area contributed by atoms with E-state index in [0.29, 0.717) is 0 Å². The number of nitrogens with one attached hydrogen (secondary N) is 1. The van der Waals surface area contributed by atoms with Gasteiger partial charge in [-0.25, -0.2) is 0 Å². The van der Waals surface area contributed by atoms with Crippen LogP contribution in [0.2, 0.25) is 0 Å². The molecule has 126 valence electrons. The lowest BCUT2D eigenvalue weighted by atomic mass is 9.93.